The van der Waals surface area contributed by atoms with E-state index < -0.39 is 14.4 Å². The average molecular weight is 381 g/mol. The van der Waals surface area contributed by atoms with Crippen molar-refractivity contribution in [1.29, 1.82) is 0 Å². The molecule has 1 aromatic rings. The zero-order valence-corrected chi connectivity index (χ0v) is 15.2. The van der Waals surface area contributed by atoms with Crippen LogP contribution in [0.3, 0.4) is 0 Å². The Morgan fingerprint density at radius 1 is 1.36 bits per heavy atom. The minimum atomic E-state index is -3.62. The Morgan fingerprint density at radius 3 is 2.55 bits per heavy atom. The highest BCUT2D eigenvalue weighted by Crippen LogP contribution is 2.29. The zero-order valence-electron chi connectivity index (χ0n) is 12.0. The smallest absolute Gasteiger partial charge is 0.221 e. The average Bonchev–Trinajstić information content (AvgIpc) is 2.52. The summed E-state index contributed by atoms with van der Waals surface area (Å²) in [5.41, 5.74) is 0. The molecular formula is C14H17ClO4S3. The summed E-state index contributed by atoms with van der Waals surface area (Å²) in [6, 6.07) is 8.09. The molecule has 0 amide bonds. The van der Waals surface area contributed by atoms with Gasteiger partial charge in [-0.25, -0.2) is 8.42 Å². The van der Waals surface area contributed by atoms with Crippen LogP contribution in [0.5, 0.6) is 0 Å². The molecule has 0 saturated carbocycles. The summed E-state index contributed by atoms with van der Waals surface area (Å²) in [6.45, 7) is 2.13. The summed E-state index contributed by atoms with van der Waals surface area (Å²) in [4.78, 5) is 11.6. The van der Waals surface area contributed by atoms with E-state index in [1.54, 1.807) is 25.1 Å². The number of hydrogen-bond acceptors (Lipinski definition) is 6. The normalized spacial score (nSPS) is 12.6. The van der Waals surface area contributed by atoms with E-state index in [1.165, 1.54) is 12.1 Å². The van der Waals surface area contributed by atoms with E-state index in [-0.39, 0.29) is 33.8 Å². The molecule has 22 heavy (non-hydrogen) atoms. The van der Waals surface area contributed by atoms with Crippen LogP contribution in [0.1, 0.15) is 19.8 Å². The Balaban J connectivity index is 2.97. The van der Waals surface area contributed by atoms with E-state index in [9.17, 15) is 13.2 Å². The van der Waals surface area contributed by atoms with E-state index >= 15 is 0 Å². The van der Waals surface area contributed by atoms with Crippen molar-refractivity contribution in [3.05, 3.63) is 30.3 Å². The number of carbonyl (C=O) groups is 1. The van der Waals surface area contributed by atoms with Crippen LogP contribution in [0.4, 0.5) is 0 Å². The molecule has 8 heteroatoms. The molecule has 1 aromatic carbocycles. The first-order chi connectivity index (χ1) is 10.4. The van der Waals surface area contributed by atoms with Crippen molar-refractivity contribution >= 4 is 55.6 Å². The molecule has 1 atom stereocenters. The fraction of sp³-hybridized carbons (Fsp3) is 0.429. The fourth-order valence-electron chi connectivity index (χ4n) is 1.64. The van der Waals surface area contributed by atoms with E-state index in [0.29, 0.717) is 6.61 Å². The summed E-state index contributed by atoms with van der Waals surface area (Å²) in [6.07, 6.45) is 0.225. The van der Waals surface area contributed by atoms with Gasteiger partial charge < -0.3 is 4.74 Å². The predicted molar refractivity (Wildman–Crippen MR) is 94.2 cm³/mol. The number of ether oxygens (including phenoxy) is 1. The standard InChI is InChI=1S/C14H17ClO4S3/c1-2-19-14(20)21-13(9-8-11(16)10-15)22(17,18)12-6-4-3-5-7-12/h3-7,13H,2,8-10H2,1H3. The lowest BCUT2D eigenvalue weighted by Crippen LogP contribution is -2.21. The van der Waals surface area contributed by atoms with Crippen molar-refractivity contribution in [2.24, 2.45) is 0 Å². The van der Waals surface area contributed by atoms with Crippen LogP contribution in [-0.4, -0.2) is 35.7 Å². The van der Waals surface area contributed by atoms with Crippen LogP contribution in [0.15, 0.2) is 35.2 Å². The molecule has 0 N–H and O–H groups in total. The van der Waals surface area contributed by atoms with Gasteiger partial charge in [-0.3, -0.25) is 4.79 Å². The molecule has 0 aliphatic carbocycles. The summed E-state index contributed by atoms with van der Waals surface area (Å²) in [5.74, 6) is -0.323. The van der Waals surface area contributed by atoms with E-state index in [4.69, 9.17) is 28.6 Å². The first-order valence-corrected chi connectivity index (χ1v) is 9.98. The van der Waals surface area contributed by atoms with Crippen molar-refractivity contribution in [3.63, 3.8) is 0 Å². The van der Waals surface area contributed by atoms with Gasteiger partial charge in [0, 0.05) is 6.42 Å². The minimum Gasteiger partial charge on any atom is -0.479 e. The van der Waals surface area contributed by atoms with Crippen LogP contribution in [0.2, 0.25) is 0 Å². The van der Waals surface area contributed by atoms with Gasteiger partial charge in [0.25, 0.3) is 0 Å². The van der Waals surface area contributed by atoms with Gasteiger partial charge in [0.15, 0.2) is 9.84 Å². The Hall–Kier alpha value is -0.630. The van der Waals surface area contributed by atoms with Gasteiger partial charge in [-0.2, -0.15) is 0 Å². The number of Topliss-reactive ketones (excluding diaryl/α,β-unsaturated/α-hetero) is 1. The number of rotatable bonds is 8. The third-order valence-electron chi connectivity index (χ3n) is 2.72. The maximum Gasteiger partial charge on any atom is 0.221 e. The largest absolute Gasteiger partial charge is 0.479 e. The summed E-state index contributed by atoms with van der Waals surface area (Å²) >= 11 is 11.4. The van der Waals surface area contributed by atoms with Crippen molar-refractivity contribution in [1.82, 2.24) is 0 Å². The van der Waals surface area contributed by atoms with Gasteiger partial charge in [0.2, 0.25) is 4.38 Å². The molecule has 0 aliphatic rings. The number of carbonyl (C=O) groups excluding carboxylic acids is 1. The zero-order chi connectivity index (χ0) is 16.6. The summed E-state index contributed by atoms with van der Waals surface area (Å²) in [7, 11) is -3.62. The Kier molecular flexibility index (Phi) is 8.38. The minimum absolute atomic E-state index is 0.0853. The van der Waals surface area contributed by atoms with E-state index in [1.807, 2.05) is 0 Å². The SMILES string of the molecule is CCOC(=S)SC(CCC(=O)CCl)S(=O)(=O)c1ccccc1. The highest BCUT2D eigenvalue weighted by atomic mass is 35.5. The molecular weight excluding hydrogens is 364 g/mol. The van der Waals surface area contributed by atoms with Gasteiger partial charge in [-0.1, -0.05) is 30.0 Å². The van der Waals surface area contributed by atoms with Crippen molar-refractivity contribution in [2.75, 3.05) is 12.5 Å². The molecule has 4 nitrogen and oxygen atoms in total. The molecule has 0 spiro atoms. The van der Waals surface area contributed by atoms with E-state index in [0.717, 1.165) is 11.8 Å². The molecule has 0 fully saturated rings. The number of ketones is 1. The number of alkyl halides is 1. The molecule has 0 bridgehead atoms. The molecule has 0 saturated heterocycles. The van der Waals surface area contributed by atoms with E-state index in [2.05, 4.69) is 0 Å². The van der Waals surface area contributed by atoms with Gasteiger partial charge in [-0.15, -0.1) is 11.6 Å². The number of hydrogen-bond donors (Lipinski definition) is 0. The second-order valence-electron chi connectivity index (χ2n) is 4.30. The number of halogens is 1. The topological polar surface area (TPSA) is 60.4 Å². The van der Waals surface area contributed by atoms with Crippen LogP contribution in [0.25, 0.3) is 0 Å². The maximum absolute atomic E-state index is 12.7. The third-order valence-corrected chi connectivity index (χ3v) is 7.14. The van der Waals surface area contributed by atoms with Crippen molar-refractivity contribution in [2.45, 2.75) is 29.2 Å². The Bertz CT molecular complexity index is 602. The Morgan fingerprint density at radius 2 is 2.00 bits per heavy atom. The van der Waals surface area contributed by atoms with Gasteiger partial charge in [-0.05, 0) is 37.7 Å². The third kappa shape index (κ3) is 5.87. The second kappa shape index (κ2) is 9.50. The monoisotopic (exact) mass is 380 g/mol. The van der Waals surface area contributed by atoms with Gasteiger partial charge in [0.1, 0.15) is 10.4 Å². The number of thioether (sulfide) groups is 1. The highest BCUT2D eigenvalue weighted by molar-refractivity contribution is 8.28. The molecule has 0 aliphatic heterocycles. The van der Waals surface area contributed by atoms with Gasteiger partial charge >= 0.3 is 0 Å². The molecule has 1 unspecified atom stereocenters. The van der Waals surface area contributed by atoms with Crippen LogP contribution >= 0.6 is 35.6 Å². The lowest BCUT2D eigenvalue weighted by molar-refractivity contribution is -0.116. The number of thiocarbonyl (C=S) groups is 1. The maximum atomic E-state index is 12.7. The van der Waals surface area contributed by atoms with Crippen molar-refractivity contribution < 1.29 is 17.9 Å². The number of sulfone groups is 1. The number of benzene rings is 1. The Labute approximate surface area is 145 Å². The van der Waals surface area contributed by atoms with Crippen LogP contribution in [0, 0.1) is 0 Å². The van der Waals surface area contributed by atoms with Crippen molar-refractivity contribution in [3.8, 4) is 0 Å². The first kappa shape index (κ1) is 19.4. The second-order valence-corrected chi connectivity index (χ2v) is 8.80. The highest BCUT2D eigenvalue weighted by Gasteiger charge is 2.30. The fourth-order valence-corrected chi connectivity index (χ4v) is 5.43. The van der Waals surface area contributed by atoms with Gasteiger partial charge in [0.05, 0.1) is 17.4 Å². The molecule has 122 valence electrons. The molecule has 0 radical (unpaired) electrons. The summed E-state index contributed by atoms with van der Waals surface area (Å²) in [5, 5.41) is 0. The molecule has 1 rings (SSSR count). The lowest BCUT2D eigenvalue weighted by Gasteiger charge is -2.17. The lowest BCUT2D eigenvalue weighted by atomic mass is 10.2. The van der Waals surface area contributed by atoms with Crippen LogP contribution in [-0.2, 0) is 19.4 Å². The summed E-state index contributed by atoms with van der Waals surface area (Å²) < 4.78 is 29.8. The quantitative estimate of drug-likeness (QED) is 0.508. The van der Waals surface area contributed by atoms with Crippen LogP contribution < -0.4 is 0 Å². The first-order valence-electron chi connectivity index (χ1n) is 6.61. The molecule has 0 heterocycles. The molecule has 0 aromatic heterocycles. The predicted octanol–water partition coefficient (Wildman–Crippen LogP) is 3.43.